The number of carbonyl (C=O) groups excluding carboxylic acids is 1. The molecule has 34 heavy (non-hydrogen) atoms. The van der Waals surface area contributed by atoms with Crippen LogP contribution in [0.1, 0.15) is 31.0 Å². The van der Waals surface area contributed by atoms with Crippen molar-refractivity contribution in [1.82, 2.24) is 18.7 Å². The van der Waals surface area contributed by atoms with Crippen LogP contribution >= 0.6 is 11.5 Å². The average molecular weight is 481 g/mol. The number of amides is 2. The maximum atomic E-state index is 12.6. The third kappa shape index (κ3) is 5.26. The Kier molecular flexibility index (Phi) is 6.64. The molecule has 0 unspecified atom stereocenters. The third-order valence-corrected chi connectivity index (χ3v) is 5.83. The molecule has 0 aliphatic heterocycles. The van der Waals surface area contributed by atoms with Crippen molar-refractivity contribution in [2.45, 2.75) is 26.3 Å². The molecule has 0 aliphatic carbocycles. The van der Waals surface area contributed by atoms with Crippen LogP contribution in [0.4, 0.5) is 16.3 Å². The summed E-state index contributed by atoms with van der Waals surface area (Å²) >= 11 is 0.842. The molecule has 176 valence electrons. The van der Waals surface area contributed by atoms with Gasteiger partial charge in [0.1, 0.15) is 11.6 Å². The van der Waals surface area contributed by atoms with Gasteiger partial charge in [0.25, 0.3) is 0 Å². The molecule has 4 rings (SSSR count). The van der Waals surface area contributed by atoms with Crippen LogP contribution in [0.25, 0.3) is 5.69 Å². The summed E-state index contributed by atoms with van der Waals surface area (Å²) in [7, 11) is 1.58. The normalized spacial score (nSPS) is 10.9. The smallest absolute Gasteiger partial charge is 0.338 e. The van der Waals surface area contributed by atoms with E-state index in [9.17, 15) is 14.4 Å². The number of H-pyrrole nitrogens is 1. The maximum absolute atomic E-state index is 12.6. The van der Waals surface area contributed by atoms with Gasteiger partial charge in [0.15, 0.2) is 0 Å². The highest BCUT2D eigenvalue weighted by atomic mass is 32.1. The zero-order valence-electron chi connectivity index (χ0n) is 18.9. The molecule has 10 nitrogen and oxygen atoms in total. The number of nitrogens with one attached hydrogen (secondary N) is 3. The van der Waals surface area contributed by atoms with Crippen LogP contribution in [0.2, 0.25) is 0 Å². The van der Waals surface area contributed by atoms with E-state index in [-0.39, 0.29) is 17.3 Å². The van der Waals surface area contributed by atoms with Gasteiger partial charge in [-0.15, -0.1) is 0 Å². The number of ether oxygens (including phenoxy) is 1. The van der Waals surface area contributed by atoms with Gasteiger partial charge in [0.05, 0.1) is 25.0 Å². The molecule has 11 heteroatoms. The fraction of sp³-hybridized carbons (Fsp3) is 0.217. The topological polar surface area (TPSA) is 123 Å². The van der Waals surface area contributed by atoms with E-state index in [4.69, 9.17) is 4.74 Å². The third-order valence-electron chi connectivity index (χ3n) is 5.04. The first-order valence-electron chi connectivity index (χ1n) is 10.5. The predicted molar refractivity (Wildman–Crippen MR) is 132 cm³/mol. The van der Waals surface area contributed by atoms with Crippen LogP contribution in [0.15, 0.2) is 64.2 Å². The monoisotopic (exact) mass is 480 g/mol. The summed E-state index contributed by atoms with van der Waals surface area (Å²) in [6.07, 6.45) is 0. The van der Waals surface area contributed by atoms with Crippen LogP contribution in [-0.2, 0) is 6.54 Å². The van der Waals surface area contributed by atoms with Crippen LogP contribution in [-0.4, -0.2) is 31.9 Å². The molecule has 2 amide bonds. The molecule has 2 aromatic carbocycles. The van der Waals surface area contributed by atoms with E-state index in [0.717, 1.165) is 28.5 Å². The molecule has 0 saturated carbocycles. The quantitative estimate of drug-likeness (QED) is 0.373. The van der Waals surface area contributed by atoms with E-state index >= 15 is 0 Å². The highest BCUT2D eigenvalue weighted by Gasteiger charge is 2.15. The number of methoxy groups -OCH3 is 1. The number of nitrogens with zero attached hydrogens (tertiary/aromatic N) is 3. The number of benzene rings is 2. The van der Waals surface area contributed by atoms with Gasteiger partial charge in [-0.25, -0.2) is 18.2 Å². The van der Waals surface area contributed by atoms with Crippen molar-refractivity contribution in [2.75, 3.05) is 17.7 Å². The Hall–Kier alpha value is -4.12. The molecule has 3 N–H and O–H groups in total. The molecular weight excluding hydrogens is 456 g/mol. The van der Waals surface area contributed by atoms with E-state index in [1.54, 1.807) is 36.1 Å². The fourth-order valence-corrected chi connectivity index (χ4v) is 3.92. The highest BCUT2D eigenvalue weighted by Crippen LogP contribution is 2.23. The Bertz CT molecular complexity index is 1400. The largest absolute Gasteiger partial charge is 0.497 e. The van der Waals surface area contributed by atoms with Gasteiger partial charge in [-0.05, 0) is 47.9 Å². The molecule has 0 atom stereocenters. The fourth-order valence-electron chi connectivity index (χ4n) is 3.25. The number of aromatic nitrogens is 4. The first kappa shape index (κ1) is 23.1. The van der Waals surface area contributed by atoms with Crippen molar-refractivity contribution in [2.24, 2.45) is 0 Å². The second kappa shape index (κ2) is 9.79. The summed E-state index contributed by atoms with van der Waals surface area (Å²) in [4.78, 5) is 37.6. The minimum atomic E-state index is -0.429. The lowest BCUT2D eigenvalue weighted by Crippen LogP contribution is -2.21. The lowest BCUT2D eigenvalue weighted by atomic mass is 10.1. The summed E-state index contributed by atoms with van der Waals surface area (Å²) in [6.45, 7) is 4.34. The molecule has 2 heterocycles. The zero-order chi connectivity index (χ0) is 24.2. The van der Waals surface area contributed by atoms with Crippen molar-refractivity contribution in [3.8, 4) is 11.4 Å². The molecule has 0 fully saturated rings. The van der Waals surface area contributed by atoms with E-state index in [1.165, 1.54) is 3.96 Å². The van der Waals surface area contributed by atoms with Gasteiger partial charge in [0.2, 0.25) is 0 Å². The van der Waals surface area contributed by atoms with Crippen LogP contribution in [0, 0.1) is 0 Å². The minimum Gasteiger partial charge on any atom is -0.497 e. The van der Waals surface area contributed by atoms with E-state index in [2.05, 4.69) is 20.7 Å². The molecule has 0 bridgehead atoms. The molecule has 0 radical (unpaired) electrons. The Balaban J connectivity index is 1.54. The van der Waals surface area contributed by atoms with Crippen molar-refractivity contribution in [1.29, 1.82) is 0 Å². The number of carbonyl (C=O) groups is 1. The van der Waals surface area contributed by atoms with Crippen LogP contribution in [0.3, 0.4) is 0 Å². The summed E-state index contributed by atoms with van der Waals surface area (Å²) < 4.78 is 8.16. The number of hydrogen-bond donors (Lipinski definition) is 3. The Morgan fingerprint density at radius 3 is 2.38 bits per heavy atom. The van der Waals surface area contributed by atoms with Crippen molar-refractivity contribution in [3.63, 3.8) is 0 Å². The standard InChI is InChI=1S/C23H24N6O4S/c1-14(2)19-12-20(25-21(30)24-16-6-10-18(33-3)11-7-16)29(27-19)17-8-4-15(5-9-17)13-28-22(31)26-23(32)34-28/h4-12,14H,13H2,1-3H3,(H2,24,25,30)(H,26,31,32). The number of urea groups is 1. The van der Waals surface area contributed by atoms with Gasteiger partial charge in [-0.3, -0.25) is 15.1 Å². The second-order valence-electron chi connectivity index (χ2n) is 7.84. The second-order valence-corrected chi connectivity index (χ2v) is 8.83. The van der Waals surface area contributed by atoms with E-state index < -0.39 is 11.7 Å². The number of anilines is 2. The van der Waals surface area contributed by atoms with Crippen molar-refractivity contribution in [3.05, 3.63) is 86.0 Å². The summed E-state index contributed by atoms with van der Waals surface area (Å²) in [6, 6.07) is 15.9. The van der Waals surface area contributed by atoms with Gasteiger partial charge in [-0.1, -0.05) is 26.0 Å². The first-order valence-corrected chi connectivity index (χ1v) is 11.3. The number of hydrogen-bond acceptors (Lipinski definition) is 6. The number of aromatic amines is 1. The molecule has 0 aliphatic rings. The number of rotatable bonds is 7. The van der Waals surface area contributed by atoms with E-state index in [1.807, 2.05) is 44.2 Å². The Morgan fingerprint density at radius 1 is 1.09 bits per heavy atom. The van der Waals surface area contributed by atoms with E-state index in [0.29, 0.717) is 17.3 Å². The highest BCUT2D eigenvalue weighted by molar-refractivity contribution is 7.03. The Labute approximate surface area is 199 Å². The minimum absolute atomic E-state index is 0.161. The van der Waals surface area contributed by atoms with Crippen molar-refractivity contribution < 1.29 is 9.53 Å². The predicted octanol–water partition coefficient (Wildman–Crippen LogP) is 3.61. The van der Waals surface area contributed by atoms with Gasteiger partial charge in [-0.2, -0.15) is 5.10 Å². The summed E-state index contributed by atoms with van der Waals surface area (Å²) in [5, 5.41) is 10.3. The Morgan fingerprint density at radius 2 is 1.79 bits per heavy atom. The lowest BCUT2D eigenvalue weighted by molar-refractivity contribution is 0.262. The SMILES string of the molecule is COc1ccc(NC(=O)Nc2cc(C(C)C)nn2-c2ccc(Cn3sc(=O)[nH]c3=O)cc2)cc1. The van der Waals surface area contributed by atoms with Gasteiger partial charge < -0.3 is 10.1 Å². The molecular formula is C23H24N6O4S. The maximum Gasteiger partial charge on any atom is 0.338 e. The first-order chi connectivity index (χ1) is 16.3. The lowest BCUT2D eigenvalue weighted by Gasteiger charge is -2.11. The molecule has 0 spiro atoms. The van der Waals surface area contributed by atoms with Gasteiger partial charge >= 0.3 is 16.6 Å². The van der Waals surface area contributed by atoms with Crippen molar-refractivity contribution >= 4 is 29.1 Å². The molecule has 2 aromatic heterocycles. The summed E-state index contributed by atoms with van der Waals surface area (Å²) in [5.74, 6) is 1.38. The average Bonchev–Trinajstić information content (AvgIpc) is 3.37. The molecule has 0 saturated heterocycles. The van der Waals surface area contributed by atoms with Crippen LogP contribution < -0.4 is 25.9 Å². The van der Waals surface area contributed by atoms with Crippen LogP contribution in [0.5, 0.6) is 5.75 Å². The zero-order valence-corrected chi connectivity index (χ0v) is 19.7. The molecule has 4 aromatic rings. The van der Waals surface area contributed by atoms with Gasteiger partial charge in [0, 0.05) is 23.3 Å². The summed E-state index contributed by atoms with van der Waals surface area (Å²) in [5.41, 5.74) is 2.61.